The third kappa shape index (κ3) is 35.3. The van der Waals surface area contributed by atoms with Crippen molar-refractivity contribution in [2.24, 2.45) is 0 Å². The van der Waals surface area contributed by atoms with Crippen molar-refractivity contribution in [2.45, 2.75) is 12.8 Å². The van der Waals surface area contributed by atoms with Gasteiger partial charge in [-0.2, -0.15) is 0 Å². The molecular formula is C9H8O3Ru. The summed E-state index contributed by atoms with van der Waals surface area (Å²) in [4.78, 5) is 22.5. The first-order chi connectivity index (χ1) is 6.00. The molecule has 70 valence electrons. The van der Waals surface area contributed by atoms with Gasteiger partial charge < -0.3 is 0 Å². The van der Waals surface area contributed by atoms with Crippen molar-refractivity contribution in [2.75, 3.05) is 0 Å². The van der Waals surface area contributed by atoms with Gasteiger partial charge in [-0.05, 0) is 12.8 Å². The second-order valence-electron chi connectivity index (χ2n) is 1.43. The zero-order valence-corrected chi connectivity index (χ0v) is 8.54. The molecule has 0 amide bonds. The average molecular weight is 265 g/mol. The van der Waals surface area contributed by atoms with E-state index >= 15 is 0 Å². The Hall–Kier alpha value is -0.887. The average Bonchev–Trinajstić information content (AvgIpc) is 2.29. The molecule has 0 atom stereocenters. The van der Waals surface area contributed by atoms with Crippen LogP contribution in [0.25, 0.3) is 0 Å². The van der Waals surface area contributed by atoms with E-state index in [1.54, 1.807) is 0 Å². The summed E-state index contributed by atoms with van der Waals surface area (Å²) in [6, 6.07) is 0. The van der Waals surface area contributed by atoms with Gasteiger partial charge in [0.25, 0.3) is 20.4 Å². The fourth-order valence-corrected chi connectivity index (χ4v) is 0.542. The summed E-state index contributed by atoms with van der Waals surface area (Å²) < 4.78 is 0. The van der Waals surface area contributed by atoms with Crippen LogP contribution in [0.15, 0.2) is 24.3 Å². The second-order valence-corrected chi connectivity index (χ2v) is 1.43. The molecule has 0 saturated heterocycles. The Kier molecular flexibility index (Phi) is 76.0. The Labute approximate surface area is 91.7 Å². The molecule has 0 spiro atoms. The molecule has 6 radical (unpaired) electrons. The molecule has 0 N–H and O–H groups in total. The van der Waals surface area contributed by atoms with E-state index in [2.05, 4.69) is 44.7 Å². The largest absolute Gasteiger partial charge is 0.281 e. The molecule has 1 rings (SSSR count). The van der Waals surface area contributed by atoms with Crippen molar-refractivity contribution < 1.29 is 33.9 Å². The summed E-state index contributed by atoms with van der Waals surface area (Å²) in [7, 11) is 0. The Morgan fingerprint density at radius 1 is 0.692 bits per heavy atom. The zero-order valence-electron chi connectivity index (χ0n) is 6.80. The van der Waals surface area contributed by atoms with Gasteiger partial charge in [0.2, 0.25) is 0 Å². The van der Waals surface area contributed by atoms with Crippen LogP contribution in [0, 0.1) is 0 Å². The summed E-state index contributed by atoms with van der Waals surface area (Å²) in [5.41, 5.74) is 0. The van der Waals surface area contributed by atoms with Gasteiger partial charge in [0, 0.05) is 19.5 Å². The van der Waals surface area contributed by atoms with Crippen molar-refractivity contribution >= 4 is 20.4 Å². The van der Waals surface area contributed by atoms with E-state index in [9.17, 15) is 0 Å². The third-order valence-electron chi connectivity index (χ3n) is 0.883. The van der Waals surface area contributed by atoms with E-state index in [1.165, 1.54) is 12.8 Å². The van der Waals surface area contributed by atoms with Crippen molar-refractivity contribution in [3.05, 3.63) is 24.3 Å². The number of rotatable bonds is 0. The molecule has 13 heavy (non-hydrogen) atoms. The van der Waals surface area contributed by atoms with Gasteiger partial charge in [0.1, 0.15) is 0 Å². The fourth-order valence-electron chi connectivity index (χ4n) is 0.542. The first kappa shape index (κ1) is 22.7. The van der Waals surface area contributed by atoms with Gasteiger partial charge in [-0.25, -0.2) is 0 Å². The Morgan fingerprint density at radius 3 is 1.00 bits per heavy atom. The van der Waals surface area contributed by atoms with E-state index in [0.717, 1.165) is 0 Å². The number of allylic oxidation sites excluding steroid dienone is 4. The van der Waals surface area contributed by atoms with Crippen LogP contribution in [0.2, 0.25) is 0 Å². The van der Waals surface area contributed by atoms with Crippen LogP contribution in [0.5, 0.6) is 0 Å². The molecule has 0 bridgehead atoms. The predicted octanol–water partition coefficient (Wildman–Crippen LogP) is 0.699. The zero-order chi connectivity index (χ0) is 10.2. The van der Waals surface area contributed by atoms with Crippen LogP contribution in [0.3, 0.4) is 0 Å². The maximum Gasteiger partial charge on any atom is 0.281 e. The van der Waals surface area contributed by atoms with Crippen molar-refractivity contribution in [1.29, 1.82) is 0 Å². The molecule has 0 aromatic carbocycles. The molecule has 4 heteroatoms. The van der Waals surface area contributed by atoms with Crippen LogP contribution in [-0.4, -0.2) is 20.4 Å². The second kappa shape index (κ2) is 43.5. The topological polar surface area (TPSA) is 51.2 Å². The molecule has 0 saturated carbocycles. The number of carbonyl (C=O) groups excluding carboxylic acids is 3. The van der Waals surface area contributed by atoms with Crippen LogP contribution in [0.1, 0.15) is 12.8 Å². The first-order valence-electron chi connectivity index (χ1n) is 2.93. The standard InChI is InChI=1S/C6H8.3CO.Ru/c1-2-4-6-5-3-1;3*1-2;/h1-4H,5-6H2;;;;. The minimum absolute atomic E-state index is 0. The number of hydrogen-bond donors (Lipinski definition) is 0. The normalized spacial score (nSPS) is 9.54. The summed E-state index contributed by atoms with van der Waals surface area (Å²) in [5, 5.41) is 0. The predicted molar refractivity (Wildman–Crippen MR) is 44.6 cm³/mol. The molecule has 1 aliphatic carbocycles. The Morgan fingerprint density at radius 2 is 0.923 bits per heavy atom. The molecule has 0 aliphatic heterocycles. The minimum atomic E-state index is 0. The SMILES string of the molecule is C1=CCCC=C1.[C]=O.[C]=O.[C]=O.[Ru]. The van der Waals surface area contributed by atoms with Crippen LogP contribution >= 0.6 is 0 Å². The van der Waals surface area contributed by atoms with E-state index in [0.29, 0.717) is 0 Å². The molecule has 0 fully saturated rings. The summed E-state index contributed by atoms with van der Waals surface area (Å²) in [6.07, 6.45) is 11.0. The summed E-state index contributed by atoms with van der Waals surface area (Å²) in [6.45, 7) is 13.5. The van der Waals surface area contributed by atoms with Gasteiger partial charge in [0.15, 0.2) is 0 Å². The molecule has 0 heterocycles. The molecule has 0 aromatic rings. The molecule has 3 nitrogen and oxygen atoms in total. The van der Waals surface area contributed by atoms with Gasteiger partial charge in [-0.15, -0.1) is 0 Å². The molecule has 0 aromatic heterocycles. The smallest absolute Gasteiger partial charge is 0.281 e. The monoisotopic (exact) mass is 266 g/mol. The van der Waals surface area contributed by atoms with Gasteiger partial charge >= 0.3 is 0 Å². The van der Waals surface area contributed by atoms with E-state index in [1.807, 2.05) is 0 Å². The minimum Gasteiger partial charge on any atom is -0.281 e. The van der Waals surface area contributed by atoms with Crippen LogP contribution in [-0.2, 0) is 33.9 Å². The molecular weight excluding hydrogens is 257 g/mol. The van der Waals surface area contributed by atoms with Gasteiger partial charge in [0.05, 0.1) is 0 Å². The first-order valence-corrected chi connectivity index (χ1v) is 2.93. The summed E-state index contributed by atoms with van der Waals surface area (Å²) in [5.74, 6) is 0. The van der Waals surface area contributed by atoms with Crippen LogP contribution < -0.4 is 0 Å². The van der Waals surface area contributed by atoms with E-state index in [-0.39, 0.29) is 19.5 Å². The van der Waals surface area contributed by atoms with Crippen LogP contribution in [0.4, 0.5) is 0 Å². The van der Waals surface area contributed by atoms with Gasteiger partial charge in [-0.3, -0.25) is 14.4 Å². The van der Waals surface area contributed by atoms with E-state index < -0.39 is 0 Å². The summed E-state index contributed by atoms with van der Waals surface area (Å²) >= 11 is 0. The maximum absolute atomic E-state index is 7.50. The fraction of sp³-hybridized carbons (Fsp3) is 0.222. The maximum atomic E-state index is 7.50. The molecule has 0 unspecified atom stereocenters. The van der Waals surface area contributed by atoms with Crippen molar-refractivity contribution in [3.63, 3.8) is 0 Å². The number of hydrogen-bond acceptors (Lipinski definition) is 3. The Bertz CT molecular complexity index is 107. The van der Waals surface area contributed by atoms with E-state index in [4.69, 9.17) is 14.4 Å². The quantitative estimate of drug-likeness (QED) is 0.606. The third-order valence-corrected chi connectivity index (χ3v) is 0.883. The van der Waals surface area contributed by atoms with Crippen molar-refractivity contribution in [3.8, 4) is 0 Å². The van der Waals surface area contributed by atoms with Gasteiger partial charge in [-0.1, -0.05) is 24.3 Å². The Balaban J connectivity index is -0.0000000508. The molecule has 1 aliphatic rings. The van der Waals surface area contributed by atoms with Crippen molar-refractivity contribution in [1.82, 2.24) is 0 Å².